The third-order valence-corrected chi connectivity index (χ3v) is 4.81. The fraction of sp³-hybridized carbons (Fsp3) is 0.900. The van der Waals surface area contributed by atoms with Crippen LogP contribution in [0.2, 0.25) is 0 Å². The summed E-state index contributed by atoms with van der Waals surface area (Å²) < 4.78 is 10.8. The standard InChI is InChI=1S/C20H38O5/c1-2-3-4-5-6-7-8-9-10-11-12-13-14-24-18-16-25-20(19(18)23)17(22)15-21/h13-14,17-23H,2-12,15-16H2,1H3/b14-13+/t17-,18+,19+,20+/m0/s1. The van der Waals surface area contributed by atoms with Crippen LogP contribution in [0.25, 0.3) is 0 Å². The first-order valence-electron chi connectivity index (χ1n) is 10.1. The third kappa shape index (κ3) is 9.59. The first-order valence-corrected chi connectivity index (χ1v) is 10.1. The van der Waals surface area contributed by atoms with E-state index in [1.807, 2.05) is 6.08 Å². The highest BCUT2D eigenvalue weighted by Gasteiger charge is 2.40. The maximum absolute atomic E-state index is 9.99. The van der Waals surface area contributed by atoms with Gasteiger partial charge >= 0.3 is 0 Å². The van der Waals surface area contributed by atoms with E-state index in [9.17, 15) is 10.2 Å². The fourth-order valence-corrected chi connectivity index (χ4v) is 3.15. The highest BCUT2D eigenvalue weighted by atomic mass is 16.6. The van der Waals surface area contributed by atoms with Gasteiger partial charge in [-0.05, 0) is 18.9 Å². The van der Waals surface area contributed by atoms with E-state index in [1.54, 1.807) is 6.26 Å². The molecule has 0 unspecified atom stereocenters. The fourth-order valence-electron chi connectivity index (χ4n) is 3.15. The molecule has 1 heterocycles. The summed E-state index contributed by atoms with van der Waals surface area (Å²) in [7, 11) is 0. The zero-order valence-electron chi connectivity index (χ0n) is 15.8. The zero-order chi connectivity index (χ0) is 18.3. The Labute approximate surface area is 153 Å². The second-order valence-electron chi connectivity index (χ2n) is 7.06. The number of aliphatic hydroxyl groups excluding tert-OH is 3. The van der Waals surface area contributed by atoms with Gasteiger partial charge in [0.1, 0.15) is 24.4 Å². The lowest BCUT2D eigenvalue weighted by Crippen LogP contribution is -2.40. The number of hydrogen-bond donors (Lipinski definition) is 3. The molecule has 0 radical (unpaired) electrons. The second-order valence-corrected chi connectivity index (χ2v) is 7.06. The number of ether oxygens (including phenoxy) is 2. The predicted octanol–water partition coefficient (Wildman–Crippen LogP) is 3.31. The van der Waals surface area contributed by atoms with Crippen molar-refractivity contribution in [2.75, 3.05) is 13.2 Å². The topological polar surface area (TPSA) is 79.2 Å². The van der Waals surface area contributed by atoms with Crippen LogP contribution in [0.5, 0.6) is 0 Å². The molecule has 0 spiro atoms. The summed E-state index contributed by atoms with van der Waals surface area (Å²) in [5.74, 6) is 0. The average Bonchev–Trinajstić information content (AvgIpc) is 2.99. The first kappa shape index (κ1) is 22.4. The lowest BCUT2D eigenvalue weighted by atomic mass is 10.1. The maximum Gasteiger partial charge on any atom is 0.149 e. The largest absolute Gasteiger partial charge is 0.493 e. The monoisotopic (exact) mass is 358 g/mol. The van der Waals surface area contributed by atoms with Crippen LogP contribution in [0.1, 0.15) is 77.6 Å². The van der Waals surface area contributed by atoms with Crippen LogP contribution < -0.4 is 0 Å². The van der Waals surface area contributed by atoms with Crippen LogP contribution >= 0.6 is 0 Å². The van der Waals surface area contributed by atoms with E-state index in [4.69, 9.17) is 14.6 Å². The number of hydrogen-bond acceptors (Lipinski definition) is 5. The summed E-state index contributed by atoms with van der Waals surface area (Å²) in [6.07, 6.45) is 14.6. The summed E-state index contributed by atoms with van der Waals surface area (Å²) in [5.41, 5.74) is 0. The molecule has 0 aromatic rings. The quantitative estimate of drug-likeness (QED) is 0.309. The summed E-state index contributed by atoms with van der Waals surface area (Å²) in [6, 6.07) is 0. The number of allylic oxidation sites excluding steroid dienone is 1. The Morgan fingerprint density at radius 3 is 2.24 bits per heavy atom. The minimum absolute atomic E-state index is 0.228. The van der Waals surface area contributed by atoms with E-state index >= 15 is 0 Å². The van der Waals surface area contributed by atoms with Crippen molar-refractivity contribution in [3.8, 4) is 0 Å². The Morgan fingerprint density at radius 1 is 1.04 bits per heavy atom. The van der Waals surface area contributed by atoms with Crippen molar-refractivity contribution in [2.24, 2.45) is 0 Å². The Hall–Kier alpha value is -0.620. The van der Waals surface area contributed by atoms with E-state index in [1.165, 1.54) is 57.8 Å². The number of rotatable bonds is 15. The van der Waals surface area contributed by atoms with Crippen LogP contribution in [-0.2, 0) is 9.47 Å². The molecule has 0 aromatic heterocycles. The zero-order valence-corrected chi connectivity index (χ0v) is 15.8. The smallest absolute Gasteiger partial charge is 0.149 e. The van der Waals surface area contributed by atoms with Gasteiger partial charge in [0.05, 0.1) is 19.5 Å². The Balaban J connectivity index is 1.94. The molecule has 3 N–H and O–H groups in total. The normalized spacial score (nSPS) is 24.9. The van der Waals surface area contributed by atoms with E-state index in [-0.39, 0.29) is 6.61 Å². The molecule has 5 nitrogen and oxygen atoms in total. The molecule has 4 atom stereocenters. The Bertz CT molecular complexity index is 334. The van der Waals surface area contributed by atoms with Gasteiger partial charge in [-0.2, -0.15) is 0 Å². The van der Waals surface area contributed by atoms with Crippen molar-refractivity contribution in [1.29, 1.82) is 0 Å². The molecule has 1 aliphatic rings. The van der Waals surface area contributed by atoms with Gasteiger partial charge in [0.2, 0.25) is 0 Å². The number of unbranched alkanes of at least 4 members (excludes halogenated alkanes) is 10. The molecule has 25 heavy (non-hydrogen) atoms. The van der Waals surface area contributed by atoms with Crippen molar-refractivity contribution < 1.29 is 24.8 Å². The molecule has 1 saturated heterocycles. The molecular formula is C20H38O5. The molecule has 1 rings (SSSR count). The van der Waals surface area contributed by atoms with Crippen LogP contribution in [0, 0.1) is 0 Å². The van der Waals surface area contributed by atoms with Crippen molar-refractivity contribution in [3.63, 3.8) is 0 Å². The van der Waals surface area contributed by atoms with Gasteiger partial charge in [-0.1, -0.05) is 64.7 Å². The molecule has 0 amide bonds. The minimum Gasteiger partial charge on any atom is -0.493 e. The van der Waals surface area contributed by atoms with Crippen LogP contribution in [0.15, 0.2) is 12.3 Å². The van der Waals surface area contributed by atoms with Crippen LogP contribution in [0.3, 0.4) is 0 Å². The van der Waals surface area contributed by atoms with Gasteiger partial charge in [0, 0.05) is 0 Å². The van der Waals surface area contributed by atoms with E-state index in [2.05, 4.69) is 6.92 Å². The SMILES string of the molecule is CCCCCCCCCCCC/C=C/O[C@@H]1CO[C@H]([C@@H](O)CO)[C@@H]1O. The van der Waals surface area contributed by atoms with E-state index < -0.39 is 31.0 Å². The molecule has 148 valence electrons. The van der Waals surface area contributed by atoms with E-state index in [0.717, 1.165) is 12.8 Å². The molecule has 1 fully saturated rings. The molecule has 0 saturated carbocycles. The maximum atomic E-state index is 9.99. The van der Waals surface area contributed by atoms with Crippen molar-refractivity contribution >= 4 is 0 Å². The van der Waals surface area contributed by atoms with Crippen molar-refractivity contribution in [1.82, 2.24) is 0 Å². The summed E-state index contributed by atoms with van der Waals surface area (Å²) in [6.45, 7) is 2.05. The number of aliphatic hydroxyl groups is 3. The van der Waals surface area contributed by atoms with Crippen LogP contribution in [-0.4, -0.2) is 52.9 Å². The molecule has 0 aromatic carbocycles. The summed E-state index contributed by atoms with van der Waals surface area (Å²) >= 11 is 0. The van der Waals surface area contributed by atoms with Crippen molar-refractivity contribution in [3.05, 3.63) is 12.3 Å². The highest BCUT2D eigenvalue weighted by molar-refractivity contribution is 4.90. The van der Waals surface area contributed by atoms with Gasteiger partial charge in [0.25, 0.3) is 0 Å². The van der Waals surface area contributed by atoms with Gasteiger partial charge < -0.3 is 24.8 Å². The Kier molecular flexibility index (Phi) is 13.0. The summed E-state index contributed by atoms with van der Waals surface area (Å²) in [5, 5.41) is 28.4. The van der Waals surface area contributed by atoms with Crippen molar-refractivity contribution in [2.45, 2.75) is 102 Å². The predicted molar refractivity (Wildman–Crippen MR) is 99.3 cm³/mol. The molecular weight excluding hydrogens is 320 g/mol. The Morgan fingerprint density at radius 2 is 1.64 bits per heavy atom. The first-order chi connectivity index (χ1) is 12.2. The average molecular weight is 359 g/mol. The highest BCUT2D eigenvalue weighted by Crippen LogP contribution is 2.20. The van der Waals surface area contributed by atoms with Gasteiger partial charge in [-0.25, -0.2) is 0 Å². The molecule has 1 aliphatic heterocycles. The van der Waals surface area contributed by atoms with Gasteiger partial charge in [0.15, 0.2) is 0 Å². The molecule has 0 aliphatic carbocycles. The summed E-state index contributed by atoms with van der Waals surface area (Å²) in [4.78, 5) is 0. The van der Waals surface area contributed by atoms with Gasteiger partial charge in [-0.15, -0.1) is 0 Å². The molecule has 0 bridgehead atoms. The molecule has 5 heteroatoms. The van der Waals surface area contributed by atoms with Gasteiger partial charge in [-0.3, -0.25) is 0 Å². The third-order valence-electron chi connectivity index (χ3n) is 4.81. The van der Waals surface area contributed by atoms with Crippen LogP contribution in [0.4, 0.5) is 0 Å². The lowest BCUT2D eigenvalue weighted by Gasteiger charge is -2.20. The second kappa shape index (κ2) is 14.5. The lowest BCUT2D eigenvalue weighted by molar-refractivity contribution is -0.0689. The minimum atomic E-state index is -1.07. The van der Waals surface area contributed by atoms with E-state index in [0.29, 0.717) is 0 Å².